The van der Waals surface area contributed by atoms with E-state index in [2.05, 4.69) is 9.97 Å². The van der Waals surface area contributed by atoms with E-state index in [1.54, 1.807) is 11.6 Å². The first-order valence-electron chi connectivity index (χ1n) is 3.56. The molecule has 0 aliphatic carbocycles. The Morgan fingerprint density at radius 1 is 1.62 bits per heavy atom. The number of anilines is 1. The fraction of sp³-hybridized carbons (Fsp3) is 0.167. The van der Waals surface area contributed by atoms with Crippen LogP contribution in [0.25, 0.3) is 11.2 Å². The molecule has 2 aromatic heterocycles. The van der Waals surface area contributed by atoms with Crippen LogP contribution < -0.4 is 11.3 Å². The zero-order valence-electron chi connectivity index (χ0n) is 6.93. The summed E-state index contributed by atoms with van der Waals surface area (Å²) in [5, 5.41) is 0. The van der Waals surface area contributed by atoms with Crippen LogP contribution in [0.3, 0.4) is 0 Å². The van der Waals surface area contributed by atoms with Gasteiger partial charge in [0.15, 0.2) is 17.1 Å². The van der Waals surface area contributed by atoms with Gasteiger partial charge in [-0.1, -0.05) is 0 Å². The molecule has 0 unspecified atom stereocenters. The van der Waals surface area contributed by atoms with Crippen molar-refractivity contribution >= 4 is 25.1 Å². The summed E-state index contributed by atoms with van der Waals surface area (Å²) >= 11 is 0. The largest absolute Gasteiger partial charge is 0.370 e. The number of aryl methyl sites for hydroxylation is 1. The SMILES string of the molecule is [B]n1c(N)nc2c(ncn2C)c1=O. The van der Waals surface area contributed by atoms with Gasteiger partial charge in [0.2, 0.25) is 7.98 Å². The number of nitrogen functional groups attached to an aromatic ring is 1. The summed E-state index contributed by atoms with van der Waals surface area (Å²) in [6.45, 7) is 0. The molecule has 2 rings (SSSR count). The third kappa shape index (κ3) is 0.931. The molecule has 0 spiro atoms. The summed E-state index contributed by atoms with van der Waals surface area (Å²) in [7, 11) is 7.05. The van der Waals surface area contributed by atoms with Crippen LogP contribution in [0.4, 0.5) is 5.95 Å². The lowest BCUT2D eigenvalue weighted by Crippen LogP contribution is -2.23. The highest BCUT2D eigenvalue weighted by Crippen LogP contribution is 2.04. The molecule has 7 heteroatoms. The molecule has 2 radical (unpaired) electrons. The molecule has 0 aliphatic rings. The van der Waals surface area contributed by atoms with Gasteiger partial charge in [-0.3, -0.25) is 4.79 Å². The normalized spacial score (nSPS) is 10.8. The maximum absolute atomic E-state index is 11.4. The molecule has 0 bridgehead atoms. The van der Waals surface area contributed by atoms with Crippen molar-refractivity contribution in [1.82, 2.24) is 19.0 Å². The van der Waals surface area contributed by atoms with Gasteiger partial charge >= 0.3 is 0 Å². The van der Waals surface area contributed by atoms with Crippen LogP contribution in [0.1, 0.15) is 0 Å². The van der Waals surface area contributed by atoms with Gasteiger partial charge in [0, 0.05) is 7.05 Å². The average Bonchev–Trinajstić information content (AvgIpc) is 2.45. The predicted molar refractivity (Wildman–Crippen MR) is 48.3 cm³/mol. The molecule has 0 aliphatic heterocycles. The fourth-order valence-electron chi connectivity index (χ4n) is 1.09. The standard InChI is InChI=1S/C6H6BN5O/c1-11-2-9-3-4(11)10-6(8)12(7)5(3)13/h2H,1H3,(H2,8,10). The maximum atomic E-state index is 11.4. The predicted octanol–water partition coefficient (Wildman–Crippen LogP) is -1.36. The van der Waals surface area contributed by atoms with Crippen LogP contribution in [0.5, 0.6) is 0 Å². The Kier molecular flexibility index (Phi) is 1.42. The lowest BCUT2D eigenvalue weighted by atomic mass is 10.4. The molecule has 0 saturated heterocycles. The number of nitrogens with two attached hydrogens (primary N) is 1. The first-order valence-corrected chi connectivity index (χ1v) is 3.56. The van der Waals surface area contributed by atoms with E-state index >= 15 is 0 Å². The van der Waals surface area contributed by atoms with E-state index in [9.17, 15) is 4.79 Å². The molecule has 0 amide bonds. The molecule has 2 N–H and O–H groups in total. The number of nitrogens with zero attached hydrogens (tertiary/aromatic N) is 4. The van der Waals surface area contributed by atoms with E-state index in [0.717, 1.165) is 4.48 Å². The highest BCUT2D eigenvalue weighted by Gasteiger charge is 2.08. The maximum Gasteiger partial charge on any atom is 0.269 e. The van der Waals surface area contributed by atoms with Gasteiger partial charge in [0.1, 0.15) is 0 Å². The summed E-state index contributed by atoms with van der Waals surface area (Å²) in [6.07, 6.45) is 1.48. The Morgan fingerprint density at radius 2 is 2.31 bits per heavy atom. The van der Waals surface area contributed by atoms with Crippen molar-refractivity contribution in [2.75, 3.05) is 5.73 Å². The summed E-state index contributed by atoms with van der Waals surface area (Å²) in [5.41, 5.74) is 5.61. The van der Waals surface area contributed by atoms with Crippen molar-refractivity contribution in [2.24, 2.45) is 7.05 Å². The van der Waals surface area contributed by atoms with Crippen molar-refractivity contribution in [3.05, 3.63) is 16.7 Å². The molecule has 64 valence electrons. The molecule has 0 aromatic carbocycles. The summed E-state index contributed by atoms with van der Waals surface area (Å²) in [6, 6.07) is 0. The van der Waals surface area contributed by atoms with Gasteiger partial charge < -0.3 is 14.8 Å². The first kappa shape index (κ1) is 7.84. The molecule has 0 atom stereocenters. The van der Waals surface area contributed by atoms with Crippen molar-refractivity contribution in [2.45, 2.75) is 0 Å². The summed E-state index contributed by atoms with van der Waals surface area (Å²) < 4.78 is 2.38. The minimum atomic E-state index is -0.442. The Bertz CT molecular complexity index is 528. The third-order valence-corrected chi connectivity index (χ3v) is 1.79. The van der Waals surface area contributed by atoms with Gasteiger partial charge in [-0.2, -0.15) is 4.98 Å². The van der Waals surface area contributed by atoms with E-state index < -0.39 is 5.56 Å². The van der Waals surface area contributed by atoms with Crippen LogP contribution in [-0.2, 0) is 7.05 Å². The van der Waals surface area contributed by atoms with Crippen LogP contribution in [-0.4, -0.2) is 27.0 Å². The number of hydrogen-bond acceptors (Lipinski definition) is 4. The smallest absolute Gasteiger partial charge is 0.269 e. The summed E-state index contributed by atoms with van der Waals surface area (Å²) in [4.78, 5) is 19.2. The molecule has 0 saturated carbocycles. The lowest BCUT2D eigenvalue weighted by molar-refractivity contribution is 0.926. The lowest BCUT2D eigenvalue weighted by Gasteiger charge is -2.01. The highest BCUT2D eigenvalue weighted by molar-refractivity contribution is 6.08. The van der Waals surface area contributed by atoms with Gasteiger partial charge in [0.25, 0.3) is 5.56 Å². The van der Waals surface area contributed by atoms with E-state index in [1.165, 1.54) is 6.33 Å². The van der Waals surface area contributed by atoms with Gasteiger partial charge in [-0.15, -0.1) is 0 Å². The molecule has 13 heavy (non-hydrogen) atoms. The quantitative estimate of drug-likeness (QED) is 0.501. The monoisotopic (exact) mass is 175 g/mol. The number of fused-ring (bicyclic) bond motifs is 1. The number of rotatable bonds is 0. The zero-order valence-corrected chi connectivity index (χ0v) is 6.93. The minimum Gasteiger partial charge on any atom is -0.370 e. The van der Waals surface area contributed by atoms with Crippen LogP contribution >= 0.6 is 0 Å². The summed E-state index contributed by atoms with van der Waals surface area (Å²) in [5.74, 6) is -0.0268. The topological polar surface area (TPSA) is 78.7 Å². The van der Waals surface area contributed by atoms with Crippen LogP contribution in [0.15, 0.2) is 11.1 Å². The van der Waals surface area contributed by atoms with Gasteiger partial charge in [-0.05, 0) is 0 Å². The number of imidazole rings is 1. The highest BCUT2D eigenvalue weighted by atomic mass is 16.1. The Balaban J connectivity index is 3.05. The number of aromatic nitrogens is 4. The van der Waals surface area contributed by atoms with E-state index in [-0.39, 0.29) is 11.5 Å². The Morgan fingerprint density at radius 3 is 3.00 bits per heavy atom. The molecular weight excluding hydrogens is 169 g/mol. The van der Waals surface area contributed by atoms with Crippen molar-refractivity contribution in [3.8, 4) is 0 Å². The van der Waals surface area contributed by atoms with Crippen LogP contribution in [0, 0.1) is 0 Å². The molecule has 0 fully saturated rings. The van der Waals surface area contributed by atoms with Crippen LogP contribution in [0.2, 0.25) is 0 Å². The van der Waals surface area contributed by atoms with Gasteiger partial charge in [-0.25, -0.2) is 4.98 Å². The van der Waals surface area contributed by atoms with E-state index in [4.69, 9.17) is 13.7 Å². The van der Waals surface area contributed by atoms with Gasteiger partial charge in [0.05, 0.1) is 6.33 Å². The molecular formula is C6H6BN5O. The Labute approximate surface area is 74.4 Å². The van der Waals surface area contributed by atoms with Crippen molar-refractivity contribution in [1.29, 1.82) is 0 Å². The zero-order chi connectivity index (χ0) is 9.59. The van der Waals surface area contributed by atoms with E-state index in [1.807, 2.05) is 0 Å². The second kappa shape index (κ2) is 2.35. The molecule has 2 aromatic rings. The average molecular weight is 175 g/mol. The minimum absolute atomic E-state index is 0.0268. The fourth-order valence-corrected chi connectivity index (χ4v) is 1.09. The first-order chi connectivity index (χ1) is 6.11. The molecule has 6 nitrogen and oxygen atoms in total. The molecule has 2 heterocycles. The second-order valence-electron chi connectivity index (χ2n) is 2.67. The van der Waals surface area contributed by atoms with Crippen molar-refractivity contribution in [3.63, 3.8) is 0 Å². The van der Waals surface area contributed by atoms with E-state index in [0.29, 0.717) is 5.65 Å². The third-order valence-electron chi connectivity index (χ3n) is 1.79. The Hall–Kier alpha value is -1.79. The second-order valence-corrected chi connectivity index (χ2v) is 2.67. The van der Waals surface area contributed by atoms with Crippen molar-refractivity contribution < 1.29 is 0 Å². The number of hydrogen-bond donors (Lipinski definition) is 1.